The summed E-state index contributed by atoms with van der Waals surface area (Å²) >= 11 is 0. The summed E-state index contributed by atoms with van der Waals surface area (Å²) in [5, 5.41) is 0. The van der Waals surface area contributed by atoms with Gasteiger partial charge in [-0.3, -0.25) is 4.79 Å². The lowest BCUT2D eigenvalue weighted by Gasteiger charge is -2.16. The molecule has 1 fully saturated rings. The van der Waals surface area contributed by atoms with Crippen LogP contribution in [0.3, 0.4) is 0 Å². The maximum absolute atomic E-state index is 10.7. The first kappa shape index (κ1) is 10.6. The Bertz CT molecular complexity index is 177. The van der Waals surface area contributed by atoms with E-state index in [0.29, 0.717) is 12.5 Å². The van der Waals surface area contributed by atoms with Gasteiger partial charge in [0, 0.05) is 6.92 Å². The van der Waals surface area contributed by atoms with Crippen LogP contribution < -0.4 is 0 Å². The van der Waals surface area contributed by atoms with Crippen LogP contribution in [0.5, 0.6) is 0 Å². The number of rotatable bonds is 3. The van der Waals surface area contributed by atoms with Crippen molar-refractivity contribution in [3.8, 4) is 0 Å². The Labute approximate surface area is 80.7 Å². The first-order valence-corrected chi connectivity index (χ1v) is 5.26. The molecule has 0 saturated heterocycles. The molecule has 1 saturated carbocycles. The Balaban J connectivity index is 2.35. The summed E-state index contributed by atoms with van der Waals surface area (Å²) in [5.74, 6) is 2.05. The summed E-state index contributed by atoms with van der Waals surface area (Å²) in [6, 6.07) is 0. The molecule has 3 unspecified atom stereocenters. The van der Waals surface area contributed by atoms with Gasteiger partial charge in [0.15, 0.2) is 0 Å². The van der Waals surface area contributed by atoms with Crippen LogP contribution in [0.4, 0.5) is 0 Å². The fourth-order valence-electron chi connectivity index (χ4n) is 2.44. The number of carbonyl (C=O) groups excluding carboxylic acids is 1. The Morgan fingerprint density at radius 2 is 2.00 bits per heavy atom. The molecule has 0 amide bonds. The first-order valence-electron chi connectivity index (χ1n) is 5.26. The molecule has 76 valence electrons. The summed E-state index contributed by atoms with van der Waals surface area (Å²) in [6.07, 6.45) is 3.75. The van der Waals surface area contributed by atoms with Crippen LogP contribution in [0.25, 0.3) is 0 Å². The van der Waals surface area contributed by atoms with Gasteiger partial charge in [0.05, 0.1) is 6.61 Å². The molecule has 0 aromatic rings. The second-order valence-electron chi connectivity index (χ2n) is 4.31. The first-order chi connectivity index (χ1) is 6.13. The molecule has 3 atom stereocenters. The van der Waals surface area contributed by atoms with E-state index in [1.165, 1.54) is 26.2 Å². The van der Waals surface area contributed by atoms with E-state index in [0.717, 1.165) is 11.8 Å². The summed E-state index contributed by atoms with van der Waals surface area (Å²) in [5.41, 5.74) is 0. The van der Waals surface area contributed by atoms with Crippen LogP contribution in [0.15, 0.2) is 0 Å². The minimum absolute atomic E-state index is 0.144. The summed E-state index contributed by atoms with van der Waals surface area (Å²) < 4.78 is 5.07. The largest absolute Gasteiger partial charge is 0.466 e. The Morgan fingerprint density at radius 3 is 2.54 bits per heavy atom. The van der Waals surface area contributed by atoms with Crippen molar-refractivity contribution in [2.75, 3.05) is 6.61 Å². The summed E-state index contributed by atoms with van der Waals surface area (Å²) in [4.78, 5) is 10.7. The van der Waals surface area contributed by atoms with Crippen LogP contribution in [0.2, 0.25) is 0 Å². The van der Waals surface area contributed by atoms with Crippen LogP contribution in [0.1, 0.15) is 40.0 Å². The van der Waals surface area contributed by atoms with Gasteiger partial charge in [-0.05, 0) is 30.6 Å². The van der Waals surface area contributed by atoms with Crippen molar-refractivity contribution in [1.29, 1.82) is 0 Å². The molecule has 1 aliphatic carbocycles. The number of esters is 1. The van der Waals surface area contributed by atoms with Crippen LogP contribution in [-0.2, 0) is 9.53 Å². The van der Waals surface area contributed by atoms with E-state index in [1.54, 1.807) is 0 Å². The molecule has 0 bridgehead atoms. The lowest BCUT2D eigenvalue weighted by molar-refractivity contribution is -0.142. The van der Waals surface area contributed by atoms with Gasteiger partial charge in [0.25, 0.3) is 0 Å². The van der Waals surface area contributed by atoms with Crippen molar-refractivity contribution in [3.05, 3.63) is 0 Å². The molecule has 1 aliphatic rings. The number of ether oxygens (including phenoxy) is 1. The summed E-state index contributed by atoms with van der Waals surface area (Å²) in [7, 11) is 0. The molecule has 0 aromatic heterocycles. The van der Waals surface area contributed by atoms with Gasteiger partial charge in [0.1, 0.15) is 0 Å². The predicted octanol–water partition coefficient (Wildman–Crippen LogP) is 2.62. The molecule has 0 N–H and O–H groups in total. The molecule has 2 nitrogen and oxygen atoms in total. The average molecular weight is 184 g/mol. The van der Waals surface area contributed by atoms with Crippen molar-refractivity contribution >= 4 is 5.97 Å². The van der Waals surface area contributed by atoms with Gasteiger partial charge in [-0.15, -0.1) is 0 Å². The fourth-order valence-corrected chi connectivity index (χ4v) is 2.44. The van der Waals surface area contributed by atoms with Crippen molar-refractivity contribution in [1.82, 2.24) is 0 Å². The van der Waals surface area contributed by atoms with Crippen molar-refractivity contribution in [2.45, 2.75) is 40.0 Å². The normalized spacial score (nSPS) is 33.3. The highest BCUT2D eigenvalue weighted by molar-refractivity contribution is 5.65. The molecule has 0 aromatic carbocycles. The third-order valence-electron chi connectivity index (χ3n) is 3.10. The van der Waals surface area contributed by atoms with Crippen molar-refractivity contribution in [2.24, 2.45) is 17.8 Å². The van der Waals surface area contributed by atoms with Gasteiger partial charge in [-0.25, -0.2) is 0 Å². The van der Waals surface area contributed by atoms with Crippen LogP contribution in [0, 0.1) is 17.8 Å². The summed E-state index contributed by atoms with van der Waals surface area (Å²) in [6.45, 7) is 6.64. The van der Waals surface area contributed by atoms with Gasteiger partial charge in [0.2, 0.25) is 0 Å². The minimum atomic E-state index is -0.144. The predicted molar refractivity (Wildman–Crippen MR) is 52.3 cm³/mol. The lowest BCUT2D eigenvalue weighted by Crippen LogP contribution is -2.15. The molecule has 0 heterocycles. The second kappa shape index (κ2) is 4.64. The van der Waals surface area contributed by atoms with E-state index < -0.39 is 0 Å². The zero-order valence-corrected chi connectivity index (χ0v) is 8.88. The standard InChI is InChI=1S/C11H20O2/c1-4-10-5-8(2)6-11(10)7-13-9(3)12/h8,10-11H,4-7H2,1-3H3. The third-order valence-corrected chi connectivity index (χ3v) is 3.10. The minimum Gasteiger partial charge on any atom is -0.466 e. The topological polar surface area (TPSA) is 26.3 Å². The fraction of sp³-hybridized carbons (Fsp3) is 0.909. The highest BCUT2D eigenvalue weighted by atomic mass is 16.5. The van der Waals surface area contributed by atoms with Gasteiger partial charge in [-0.2, -0.15) is 0 Å². The van der Waals surface area contributed by atoms with Gasteiger partial charge in [-0.1, -0.05) is 20.3 Å². The highest BCUT2D eigenvalue weighted by Crippen LogP contribution is 2.38. The van der Waals surface area contributed by atoms with E-state index in [-0.39, 0.29) is 5.97 Å². The third kappa shape index (κ3) is 3.02. The Morgan fingerprint density at radius 1 is 1.38 bits per heavy atom. The highest BCUT2D eigenvalue weighted by Gasteiger charge is 2.31. The molecular weight excluding hydrogens is 164 g/mol. The zero-order chi connectivity index (χ0) is 9.84. The van der Waals surface area contributed by atoms with E-state index in [9.17, 15) is 4.79 Å². The maximum Gasteiger partial charge on any atom is 0.302 e. The molecular formula is C11H20O2. The maximum atomic E-state index is 10.7. The molecule has 0 radical (unpaired) electrons. The molecule has 0 aliphatic heterocycles. The number of carbonyl (C=O) groups is 1. The van der Waals surface area contributed by atoms with Gasteiger partial charge >= 0.3 is 5.97 Å². The lowest BCUT2D eigenvalue weighted by atomic mass is 9.94. The SMILES string of the molecule is CCC1CC(C)CC1COC(C)=O. The van der Waals surface area contributed by atoms with Crippen LogP contribution >= 0.6 is 0 Å². The van der Waals surface area contributed by atoms with Crippen molar-refractivity contribution < 1.29 is 9.53 Å². The molecule has 13 heavy (non-hydrogen) atoms. The second-order valence-corrected chi connectivity index (χ2v) is 4.31. The molecule has 2 heteroatoms. The Hall–Kier alpha value is -0.530. The molecule has 1 rings (SSSR count). The smallest absolute Gasteiger partial charge is 0.302 e. The average Bonchev–Trinajstić information content (AvgIpc) is 2.42. The Kier molecular flexibility index (Phi) is 3.76. The van der Waals surface area contributed by atoms with Gasteiger partial charge < -0.3 is 4.74 Å². The van der Waals surface area contributed by atoms with E-state index >= 15 is 0 Å². The van der Waals surface area contributed by atoms with Crippen molar-refractivity contribution in [3.63, 3.8) is 0 Å². The monoisotopic (exact) mass is 184 g/mol. The zero-order valence-electron chi connectivity index (χ0n) is 8.88. The van der Waals surface area contributed by atoms with E-state index in [4.69, 9.17) is 4.74 Å². The van der Waals surface area contributed by atoms with E-state index in [1.807, 2.05) is 0 Å². The number of hydrogen-bond acceptors (Lipinski definition) is 2. The van der Waals surface area contributed by atoms with E-state index in [2.05, 4.69) is 13.8 Å². The molecule has 0 spiro atoms. The number of hydrogen-bond donors (Lipinski definition) is 0. The van der Waals surface area contributed by atoms with Crippen LogP contribution in [-0.4, -0.2) is 12.6 Å². The quantitative estimate of drug-likeness (QED) is 0.630.